The van der Waals surface area contributed by atoms with Crippen LogP contribution in [-0.2, 0) is 0 Å². The van der Waals surface area contributed by atoms with Gasteiger partial charge in [-0.15, -0.1) is 0 Å². The van der Waals surface area contributed by atoms with E-state index in [0.717, 1.165) is 23.9 Å². The van der Waals surface area contributed by atoms with Crippen molar-refractivity contribution < 1.29 is 0 Å². The van der Waals surface area contributed by atoms with Crippen molar-refractivity contribution in [3.63, 3.8) is 0 Å². The second-order valence-electron chi connectivity index (χ2n) is 6.93. The van der Waals surface area contributed by atoms with Gasteiger partial charge in [-0.2, -0.15) is 0 Å². The van der Waals surface area contributed by atoms with Gasteiger partial charge in [-0.25, -0.2) is 0 Å². The number of nitrogens with zero attached hydrogens (tertiary/aromatic N) is 1. The molecule has 106 valence electrons. The number of hydrogen-bond acceptors (Lipinski definition) is 2. The van der Waals surface area contributed by atoms with Crippen molar-refractivity contribution in [3.05, 3.63) is 0 Å². The van der Waals surface area contributed by atoms with E-state index in [1.54, 1.807) is 0 Å². The molecule has 0 aromatic rings. The Balaban J connectivity index is 1.84. The summed E-state index contributed by atoms with van der Waals surface area (Å²) in [4.78, 5) is 2.80. The first-order valence-corrected chi connectivity index (χ1v) is 8.16. The van der Waals surface area contributed by atoms with Crippen LogP contribution in [0.4, 0.5) is 0 Å². The molecule has 0 spiro atoms. The summed E-state index contributed by atoms with van der Waals surface area (Å²) >= 11 is 0. The molecule has 2 atom stereocenters. The summed E-state index contributed by atoms with van der Waals surface area (Å²) in [5, 5.41) is 3.80. The molecule has 2 fully saturated rings. The molecular formula is C16H32N2. The zero-order chi connectivity index (χ0) is 13.0. The highest BCUT2D eigenvalue weighted by atomic mass is 15.2. The highest BCUT2D eigenvalue weighted by Gasteiger charge is 2.33. The quantitative estimate of drug-likeness (QED) is 0.780. The van der Waals surface area contributed by atoms with Crippen LogP contribution in [0.15, 0.2) is 0 Å². The van der Waals surface area contributed by atoms with Gasteiger partial charge < -0.3 is 5.32 Å². The van der Waals surface area contributed by atoms with Crippen molar-refractivity contribution in [2.75, 3.05) is 19.6 Å². The molecule has 0 bridgehead atoms. The van der Waals surface area contributed by atoms with Gasteiger partial charge in [0.25, 0.3) is 0 Å². The summed E-state index contributed by atoms with van der Waals surface area (Å²) in [6.07, 6.45) is 8.54. The molecule has 2 heteroatoms. The Hall–Kier alpha value is -0.0800. The number of likely N-dealkylation sites (tertiary alicyclic amines) is 1. The zero-order valence-corrected chi connectivity index (χ0v) is 12.6. The highest BCUT2D eigenvalue weighted by Crippen LogP contribution is 2.30. The van der Waals surface area contributed by atoms with Gasteiger partial charge >= 0.3 is 0 Å². The molecule has 1 saturated carbocycles. The Kier molecular flexibility index (Phi) is 5.50. The van der Waals surface area contributed by atoms with E-state index in [4.69, 9.17) is 0 Å². The maximum atomic E-state index is 3.80. The molecule has 0 amide bonds. The predicted octanol–water partition coefficient (Wildman–Crippen LogP) is 3.28. The molecule has 1 saturated heterocycles. The molecule has 0 aromatic heterocycles. The Morgan fingerprint density at radius 3 is 2.56 bits per heavy atom. The van der Waals surface area contributed by atoms with Crippen LogP contribution in [0.3, 0.4) is 0 Å². The molecule has 1 heterocycles. The van der Waals surface area contributed by atoms with Crippen LogP contribution >= 0.6 is 0 Å². The number of nitrogens with one attached hydrogen (secondary N) is 1. The van der Waals surface area contributed by atoms with E-state index in [0.29, 0.717) is 0 Å². The third kappa shape index (κ3) is 3.96. The minimum absolute atomic E-state index is 0.748. The Bertz CT molecular complexity index is 235. The maximum absolute atomic E-state index is 3.80. The Labute approximate surface area is 114 Å². The lowest BCUT2D eigenvalue weighted by molar-refractivity contribution is 0.0554. The van der Waals surface area contributed by atoms with Crippen molar-refractivity contribution >= 4 is 0 Å². The topological polar surface area (TPSA) is 15.3 Å². The van der Waals surface area contributed by atoms with Gasteiger partial charge in [0, 0.05) is 25.2 Å². The summed E-state index contributed by atoms with van der Waals surface area (Å²) in [7, 11) is 0. The van der Waals surface area contributed by atoms with Gasteiger partial charge in [0.15, 0.2) is 0 Å². The molecule has 1 N–H and O–H groups in total. The fourth-order valence-electron chi connectivity index (χ4n) is 3.46. The van der Waals surface area contributed by atoms with E-state index in [1.165, 1.54) is 58.2 Å². The summed E-state index contributed by atoms with van der Waals surface area (Å²) in [5.74, 6) is 1.71. The molecule has 2 unspecified atom stereocenters. The van der Waals surface area contributed by atoms with Crippen molar-refractivity contribution in [2.45, 2.75) is 71.4 Å². The zero-order valence-electron chi connectivity index (χ0n) is 12.6. The normalized spacial score (nSPS) is 30.7. The van der Waals surface area contributed by atoms with E-state index in [9.17, 15) is 0 Å². The standard InChI is InChI=1S/C16H32N2/c1-4-6-14-9-15(17-10-13(2)3)12-18(11-14)16-7-5-8-16/h13-17H,4-12H2,1-3H3. The van der Waals surface area contributed by atoms with Crippen molar-refractivity contribution in [3.8, 4) is 0 Å². The van der Waals surface area contributed by atoms with E-state index in [1.807, 2.05) is 0 Å². The SMILES string of the molecule is CCCC1CC(NCC(C)C)CN(C2CCC2)C1. The van der Waals surface area contributed by atoms with Crippen molar-refractivity contribution in [2.24, 2.45) is 11.8 Å². The summed E-state index contributed by atoms with van der Waals surface area (Å²) in [5.41, 5.74) is 0. The lowest BCUT2D eigenvalue weighted by atomic mass is 9.85. The molecule has 2 aliphatic rings. The first kappa shape index (κ1) is 14.3. The molecule has 18 heavy (non-hydrogen) atoms. The molecule has 1 aliphatic carbocycles. The fraction of sp³-hybridized carbons (Fsp3) is 1.00. The number of hydrogen-bond donors (Lipinski definition) is 1. The van der Waals surface area contributed by atoms with E-state index in [-0.39, 0.29) is 0 Å². The third-order valence-electron chi connectivity index (χ3n) is 4.67. The molecule has 1 aliphatic heterocycles. The smallest absolute Gasteiger partial charge is 0.0198 e. The van der Waals surface area contributed by atoms with Gasteiger partial charge in [0.05, 0.1) is 0 Å². The minimum atomic E-state index is 0.748. The lowest BCUT2D eigenvalue weighted by Crippen LogP contribution is -2.54. The van der Waals surface area contributed by atoms with Crippen LogP contribution in [0.25, 0.3) is 0 Å². The monoisotopic (exact) mass is 252 g/mol. The Morgan fingerprint density at radius 2 is 2.00 bits per heavy atom. The van der Waals surface area contributed by atoms with Crippen LogP contribution in [0.5, 0.6) is 0 Å². The van der Waals surface area contributed by atoms with Crippen LogP contribution in [-0.4, -0.2) is 36.6 Å². The first-order valence-electron chi connectivity index (χ1n) is 8.16. The average Bonchev–Trinajstić information content (AvgIpc) is 2.24. The van der Waals surface area contributed by atoms with Crippen molar-refractivity contribution in [1.82, 2.24) is 10.2 Å². The second kappa shape index (κ2) is 6.91. The van der Waals surface area contributed by atoms with Crippen LogP contribution in [0, 0.1) is 11.8 Å². The highest BCUT2D eigenvalue weighted by molar-refractivity contribution is 4.89. The lowest BCUT2D eigenvalue weighted by Gasteiger charge is -2.45. The van der Waals surface area contributed by atoms with E-state index < -0.39 is 0 Å². The minimum Gasteiger partial charge on any atom is -0.312 e. The van der Waals surface area contributed by atoms with E-state index in [2.05, 4.69) is 31.0 Å². The summed E-state index contributed by atoms with van der Waals surface area (Å²) < 4.78 is 0. The Morgan fingerprint density at radius 1 is 1.22 bits per heavy atom. The summed E-state index contributed by atoms with van der Waals surface area (Å²) in [6, 6.07) is 1.67. The average molecular weight is 252 g/mol. The second-order valence-corrected chi connectivity index (χ2v) is 6.93. The van der Waals surface area contributed by atoms with E-state index >= 15 is 0 Å². The fourth-order valence-corrected chi connectivity index (χ4v) is 3.46. The van der Waals surface area contributed by atoms with Crippen LogP contribution in [0.2, 0.25) is 0 Å². The molecule has 0 aromatic carbocycles. The number of rotatable bonds is 6. The molecular weight excluding hydrogens is 220 g/mol. The number of piperidine rings is 1. The van der Waals surface area contributed by atoms with Gasteiger partial charge in [-0.3, -0.25) is 4.90 Å². The van der Waals surface area contributed by atoms with Gasteiger partial charge in [0.1, 0.15) is 0 Å². The largest absolute Gasteiger partial charge is 0.312 e. The first-order chi connectivity index (χ1) is 8.69. The molecule has 0 radical (unpaired) electrons. The van der Waals surface area contributed by atoms with Crippen LogP contribution in [0.1, 0.15) is 59.3 Å². The van der Waals surface area contributed by atoms with Gasteiger partial charge in [-0.1, -0.05) is 33.6 Å². The van der Waals surface area contributed by atoms with Gasteiger partial charge in [0.2, 0.25) is 0 Å². The summed E-state index contributed by atoms with van der Waals surface area (Å²) in [6.45, 7) is 10.8. The maximum Gasteiger partial charge on any atom is 0.0198 e. The predicted molar refractivity (Wildman–Crippen MR) is 78.9 cm³/mol. The van der Waals surface area contributed by atoms with Crippen LogP contribution < -0.4 is 5.32 Å². The molecule has 2 rings (SSSR count). The third-order valence-corrected chi connectivity index (χ3v) is 4.67. The van der Waals surface area contributed by atoms with Gasteiger partial charge in [-0.05, 0) is 44.1 Å². The molecule has 2 nitrogen and oxygen atoms in total. The van der Waals surface area contributed by atoms with Crippen molar-refractivity contribution in [1.29, 1.82) is 0 Å².